The highest BCUT2D eigenvalue weighted by Crippen LogP contribution is 2.58. The lowest BCUT2D eigenvalue weighted by Crippen LogP contribution is -2.31. The molecule has 1 fully saturated rings. The predicted octanol–water partition coefficient (Wildman–Crippen LogP) is -0.582. The zero-order chi connectivity index (χ0) is 10.9. The molecule has 0 aromatic heterocycles. The number of rotatable bonds is 4. The summed E-state index contributed by atoms with van der Waals surface area (Å²) in [4.78, 5) is 22.2. The van der Waals surface area contributed by atoms with Crippen LogP contribution in [0.4, 0.5) is 0 Å². The van der Waals surface area contributed by atoms with Gasteiger partial charge in [-0.1, -0.05) is 13.8 Å². The predicted molar refractivity (Wildman–Crippen MR) is 50.5 cm³/mol. The molecule has 1 aliphatic carbocycles. The van der Waals surface area contributed by atoms with Gasteiger partial charge in [0.2, 0.25) is 5.91 Å². The van der Waals surface area contributed by atoms with Crippen molar-refractivity contribution in [1.29, 1.82) is 0 Å². The van der Waals surface area contributed by atoms with Crippen LogP contribution in [0.25, 0.3) is 0 Å². The van der Waals surface area contributed by atoms with Crippen LogP contribution in [-0.4, -0.2) is 30.1 Å². The molecule has 0 radical (unpaired) electrons. The summed E-state index contributed by atoms with van der Waals surface area (Å²) in [7, 11) is 0. The third-order valence-corrected chi connectivity index (χ3v) is 2.82. The molecule has 1 rings (SSSR count). The molecule has 0 aliphatic heterocycles. The van der Waals surface area contributed by atoms with Crippen molar-refractivity contribution in [1.82, 2.24) is 5.32 Å². The maximum Gasteiger partial charge on any atom is 0.307 e. The van der Waals surface area contributed by atoms with Gasteiger partial charge in [0.1, 0.15) is 0 Å². The Balaban J connectivity index is 2.55. The fraction of sp³-hybridized carbons (Fsp3) is 0.778. The molecule has 5 nitrogen and oxygen atoms in total. The first-order valence-electron chi connectivity index (χ1n) is 4.63. The average Bonchev–Trinajstić information content (AvgIpc) is 2.65. The topological polar surface area (TPSA) is 92.4 Å². The first kappa shape index (κ1) is 11.0. The minimum Gasteiger partial charge on any atom is -0.481 e. The molecule has 0 spiro atoms. The Hall–Kier alpha value is -1.10. The number of carboxylic acid groups (broad SMARTS) is 1. The zero-order valence-corrected chi connectivity index (χ0v) is 8.41. The Kier molecular flexibility index (Phi) is 2.80. The van der Waals surface area contributed by atoms with Crippen molar-refractivity contribution in [3.8, 4) is 0 Å². The van der Waals surface area contributed by atoms with Gasteiger partial charge < -0.3 is 16.2 Å². The van der Waals surface area contributed by atoms with Crippen LogP contribution in [-0.2, 0) is 9.59 Å². The van der Waals surface area contributed by atoms with Gasteiger partial charge >= 0.3 is 5.97 Å². The number of hydrogen-bond acceptors (Lipinski definition) is 3. The number of carbonyl (C=O) groups excluding carboxylic acids is 1. The maximum atomic E-state index is 11.5. The Bertz CT molecular complexity index is 263. The van der Waals surface area contributed by atoms with E-state index in [2.05, 4.69) is 5.32 Å². The van der Waals surface area contributed by atoms with Gasteiger partial charge in [-0.2, -0.15) is 0 Å². The Morgan fingerprint density at radius 2 is 2.00 bits per heavy atom. The highest BCUT2D eigenvalue weighted by atomic mass is 16.4. The van der Waals surface area contributed by atoms with E-state index in [0.29, 0.717) is 13.1 Å². The monoisotopic (exact) mass is 200 g/mol. The van der Waals surface area contributed by atoms with Gasteiger partial charge in [0, 0.05) is 13.1 Å². The van der Waals surface area contributed by atoms with E-state index in [1.807, 2.05) is 0 Å². The van der Waals surface area contributed by atoms with E-state index in [0.717, 1.165) is 0 Å². The minimum absolute atomic E-state index is 0.201. The van der Waals surface area contributed by atoms with Gasteiger partial charge in [-0.25, -0.2) is 0 Å². The summed E-state index contributed by atoms with van der Waals surface area (Å²) in [6.45, 7) is 4.35. The number of carbonyl (C=O) groups is 2. The zero-order valence-electron chi connectivity index (χ0n) is 8.41. The van der Waals surface area contributed by atoms with Crippen LogP contribution in [0, 0.1) is 17.3 Å². The molecule has 4 N–H and O–H groups in total. The number of nitrogens with two attached hydrogens (primary N) is 1. The minimum atomic E-state index is -0.900. The Morgan fingerprint density at radius 1 is 1.43 bits per heavy atom. The van der Waals surface area contributed by atoms with Crippen LogP contribution in [0.15, 0.2) is 0 Å². The molecule has 1 aliphatic rings. The van der Waals surface area contributed by atoms with E-state index in [9.17, 15) is 9.59 Å². The molecule has 0 heterocycles. The third-order valence-electron chi connectivity index (χ3n) is 2.82. The fourth-order valence-electron chi connectivity index (χ4n) is 1.89. The molecule has 0 bridgehead atoms. The van der Waals surface area contributed by atoms with Gasteiger partial charge in [-0.05, 0) is 5.41 Å². The van der Waals surface area contributed by atoms with E-state index in [-0.39, 0.29) is 5.91 Å². The van der Waals surface area contributed by atoms with Gasteiger partial charge in [-0.15, -0.1) is 0 Å². The van der Waals surface area contributed by atoms with Gasteiger partial charge in [0.15, 0.2) is 0 Å². The van der Waals surface area contributed by atoms with E-state index in [4.69, 9.17) is 10.8 Å². The molecular weight excluding hydrogens is 184 g/mol. The highest BCUT2D eigenvalue weighted by molar-refractivity contribution is 5.91. The van der Waals surface area contributed by atoms with Crippen LogP contribution in [0.3, 0.4) is 0 Å². The van der Waals surface area contributed by atoms with E-state index in [1.54, 1.807) is 13.8 Å². The summed E-state index contributed by atoms with van der Waals surface area (Å²) in [5.41, 5.74) is 4.80. The largest absolute Gasteiger partial charge is 0.481 e. The molecule has 2 atom stereocenters. The summed E-state index contributed by atoms with van der Waals surface area (Å²) in [6.07, 6.45) is 0. The number of carboxylic acids is 1. The second kappa shape index (κ2) is 3.57. The quantitative estimate of drug-likeness (QED) is 0.566. The van der Waals surface area contributed by atoms with Crippen molar-refractivity contribution in [2.75, 3.05) is 13.1 Å². The molecule has 1 saturated carbocycles. The molecule has 0 aromatic carbocycles. The Morgan fingerprint density at radius 3 is 2.36 bits per heavy atom. The van der Waals surface area contributed by atoms with Gasteiger partial charge in [0.25, 0.3) is 0 Å². The summed E-state index contributed by atoms with van der Waals surface area (Å²) in [5, 5.41) is 11.4. The van der Waals surface area contributed by atoms with Crippen molar-refractivity contribution in [2.24, 2.45) is 23.0 Å². The first-order valence-corrected chi connectivity index (χ1v) is 4.63. The van der Waals surface area contributed by atoms with Crippen molar-refractivity contribution in [3.05, 3.63) is 0 Å². The van der Waals surface area contributed by atoms with Crippen molar-refractivity contribution in [2.45, 2.75) is 13.8 Å². The summed E-state index contributed by atoms with van der Waals surface area (Å²) < 4.78 is 0. The number of aliphatic carboxylic acids is 1. The molecule has 1 amide bonds. The first-order chi connectivity index (χ1) is 6.42. The molecule has 14 heavy (non-hydrogen) atoms. The smallest absolute Gasteiger partial charge is 0.307 e. The molecule has 0 unspecified atom stereocenters. The van der Waals surface area contributed by atoms with E-state index < -0.39 is 23.2 Å². The second-order valence-electron chi connectivity index (χ2n) is 4.19. The van der Waals surface area contributed by atoms with Crippen LogP contribution >= 0.6 is 0 Å². The normalized spacial score (nSPS) is 28.2. The molecule has 0 saturated heterocycles. The van der Waals surface area contributed by atoms with Crippen molar-refractivity contribution in [3.63, 3.8) is 0 Å². The van der Waals surface area contributed by atoms with Crippen LogP contribution in [0.2, 0.25) is 0 Å². The number of hydrogen-bond donors (Lipinski definition) is 3. The third kappa shape index (κ3) is 1.72. The van der Waals surface area contributed by atoms with Crippen molar-refractivity contribution >= 4 is 11.9 Å². The van der Waals surface area contributed by atoms with E-state index in [1.165, 1.54) is 0 Å². The van der Waals surface area contributed by atoms with Crippen LogP contribution in [0.1, 0.15) is 13.8 Å². The lowest BCUT2D eigenvalue weighted by molar-refractivity contribution is -0.140. The van der Waals surface area contributed by atoms with Gasteiger partial charge in [0.05, 0.1) is 11.8 Å². The lowest BCUT2D eigenvalue weighted by atomic mass is 10.1. The van der Waals surface area contributed by atoms with Crippen molar-refractivity contribution < 1.29 is 14.7 Å². The highest BCUT2D eigenvalue weighted by Gasteiger charge is 2.65. The van der Waals surface area contributed by atoms with Gasteiger partial charge in [-0.3, -0.25) is 9.59 Å². The second-order valence-corrected chi connectivity index (χ2v) is 4.19. The number of nitrogens with one attached hydrogen (secondary N) is 1. The molecule has 80 valence electrons. The van der Waals surface area contributed by atoms with E-state index >= 15 is 0 Å². The Labute approximate surface area is 82.7 Å². The summed E-state index contributed by atoms with van der Waals surface area (Å²) in [6, 6.07) is 0. The summed E-state index contributed by atoms with van der Waals surface area (Å²) in [5.74, 6) is -2.07. The number of amides is 1. The SMILES string of the molecule is CC1(C)[C@H](C(=O)O)[C@@H]1C(=O)NCCN. The standard InChI is InChI=1S/C9H16N2O3/c1-9(2)5(6(9)8(13)14)7(12)11-4-3-10/h5-6H,3-4,10H2,1-2H3,(H,11,12)(H,13,14)/t5-,6+/m1/s1. The molecule has 5 heteroatoms. The van der Waals surface area contributed by atoms with Crippen LogP contribution in [0.5, 0.6) is 0 Å². The fourth-order valence-corrected chi connectivity index (χ4v) is 1.89. The maximum absolute atomic E-state index is 11.5. The lowest BCUT2D eigenvalue weighted by Gasteiger charge is -2.03. The average molecular weight is 200 g/mol. The van der Waals surface area contributed by atoms with Crippen LogP contribution < -0.4 is 11.1 Å². The summed E-state index contributed by atoms with van der Waals surface area (Å²) >= 11 is 0. The molecular formula is C9H16N2O3. The molecule has 0 aromatic rings.